The molecule has 1 aromatic carbocycles. The van der Waals surface area contributed by atoms with E-state index in [9.17, 15) is 0 Å². The normalized spacial score (nSPS) is 11.4. The van der Waals surface area contributed by atoms with Crippen molar-refractivity contribution in [3.05, 3.63) is 40.5 Å². The number of hydrogen-bond acceptors (Lipinski definition) is 2. The molecule has 0 aliphatic heterocycles. The summed E-state index contributed by atoms with van der Waals surface area (Å²) >= 11 is 6.18. The molecule has 2 nitrogen and oxygen atoms in total. The molecule has 0 unspecified atom stereocenters. The van der Waals surface area contributed by atoms with Gasteiger partial charge in [0.2, 0.25) is 0 Å². The second-order valence-corrected chi connectivity index (χ2v) is 5.00. The van der Waals surface area contributed by atoms with Gasteiger partial charge in [-0.3, -0.25) is 4.98 Å². The minimum atomic E-state index is 0.470. The van der Waals surface area contributed by atoms with Crippen molar-refractivity contribution in [3.8, 4) is 0 Å². The molecule has 1 heterocycles. The fraction of sp³-hybridized carbons (Fsp3) is 0.357. The molecule has 0 amide bonds. The molecule has 0 saturated heterocycles. The first-order chi connectivity index (χ1) is 8.08. The standard InChI is InChI=1S/C14H17ClN2/c1-9(2)16-8-11-7-10(3)17-14-12(11)5-4-6-13(14)15/h4-7,9,16H,8H2,1-3H3. The molecule has 2 rings (SSSR count). The van der Waals surface area contributed by atoms with Gasteiger partial charge in [-0.05, 0) is 24.6 Å². The Morgan fingerprint density at radius 3 is 2.82 bits per heavy atom. The summed E-state index contributed by atoms with van der Waals surface area (Å²) in [5.41, 5.74) is 3.16. The average molecular weight is 249 g/mol. The van der Waals surface area contributed by atoms with Gasteiger partial charge in [0.05, 0.1) is 10.5 Å². The van der Waals surface area contributed by atoms with E-state index in [1.165, 1.54) is 5.56 Å². The number of fused-ring (bicyclic) bond motifs is 1. The van der Waals surface area contributed by atoms with Crippen molar-refractivity contribution < 1.29 is 0 Å². The Labute approximate surface area is 107 Å². The van der Waals surface area contributed by atoms with Crippen LogP contribution in [0.4, 0.5) is 0 Å². The SMILES string of the molecule is Cc1cc(CNC(C)C)c2cccc(Cl)c2n1. The third-order valence-corrected chi connectivity index (χ3v) is 3.01. The maximum absolute atomic E-state index is 6.18. The van der Waals surface area contributed by atoms with Crippen molar-refractivity contribution in [2.45, 2.75) is 33.4 Å². The molecule has 1 aromatic heterocycles. The smallest absolute Gasteiger partial charge is 0.0894 e. The third kappa shape index (κ3) is 2.76. The molecule has 1 N–H and O–H groups in total. The van der Waals surface area contributed by atoms with Crippen LogP contribution in [0, 0.1) is 6.92 Å². The van der Waals surface area contributed by atoms with E-state index in [1.807, 2.05) is 19.1 Å². The molecule has 0 spiro atoms. The van der Waals surface area contributed by atoms with Crippen LogP contribution in [0.5, 0.6) is 0 Å². The molecular formula is C14H17ClN2. The summed E-state index contributed by atoms with van der Waals surface area (Å²) in [6.07, 6.45) is 0. The van der Waals surface area contributed by atoms with E-state index in [2.05, 4.69) is 36.3 Å². The number of rotatable bonds is 3. The first-order valence-electron chi connectivity index (χ1n) is 5.86. The van der Waals surface area contributed by atoms with Crippen LogP contribution >= 0.6 is 11.6 Å². The minimum Gasteiger partial charge on any atom is -0.310 e. The van der Waals surface area contributed by atoms with Crippen molar-refractivity contribution in [2.24, 2.45) is 0 Å². The van der Waals surface area contributed by atoms with Gasteiger partial charge in [-0.15, -0.1) is 0 Å². The maximum Gasteiger partial charge on any atom is 0.0894 e. The lowest BCUT2D eigenvalue weighted by Crippen LogP contribution is -2.22. The number of hydrogen-bond donors (Lipinski definition) is 1. The summed E-state index contributed by atoms with van der Waals surface area (Å²) in [5, 5.41) is 5.28. The molecular weight excluding hydrogens is 232 g/mol. The summed E-state index contributed by atoms with van der Waals surface area (Å²) in [5.74, 6) is 0. The second kappa shape index (κ2) is 5.03. The number of aromatic nitrogens is 1. The molecule has 0 atom stereocenters. The van der Waals surface area contributed by atoms with Gasteiger partial charge in [0.25, 0.3) is 0 Å². The van der Waals surface area contributed by atoms with Gasteiger partial charge in [-0.1, -0.05) is 37.6 Å². The summed E-state index contributed by atoms with van der Waals surface area (Å²) in [4.78, 5) is 4.50. The van der Waals surface area contributed by atoms with Gasteiger partial charge >= 0.3 is 0 Å². The van der Waals surface area contributed by atoms with Crippen molar-refractivity contribution in [2.75, 3.05) is 0 Å². The molecule has 0 aliphatic carbocycles. The number of aryl methyl sites for hydroxylation is 1. The summed E-state index contributed by atoms with van der Waals surface area (Å²) < 4.78 is 0. The number of nitrogens with one attached hydrogen (secondary N) is 1. The molecule has 0 radical (unpaired) electrons. The van der Waals surface area contributed by atoms with E-state index >= 15 is 0 Å². The van der Waals surface area contributed by atoms with Gasteiger partial charge in [0, 0.05) is 23.7 Å². The van der Waals surface area contributed by atoms with E-state index < -0.39 is 0 Å². The zero-order valence-corrected chi connectivity index (χ0v) is 11.2. The summed E-state index contributed by atoms with van der Waals surface area (Å²) in [6.45, 7) is 7.13. The van der Waals surface area contributed by atoms with Crippen LogP contribution in [-0.2, 0) is 6.54 Å². The monoisotopic (exact) mass is 248 g/mol. The van der Waals surface area contributed by atoms with Crippen molar-refractivity contribution in [1.82, 2.24) is 10.3 Å². The molecule has 0 fully saturated rings. The lowest BCUT2D eigenvalue weighted by molar-refractivity contribution is 0.590. The van der Waals surface area contributed by atoms with E-state index in [4.69, 9.17) is 11.6 Å². The number of pyridine rings is 1. The molecule has 0 bridgehead atoms. The van der Waals surface area contributed by atoms with Crippen molar-refractivity contribution in [1.29, 1.82) is 0 Å². The predicted octanol–water partition coefficient (Wildman–Crippen LogP) is 3.69. The number of para-hydroxylation sites is 1. The van der Waals surface area contributed by atoms with Crippen LogP contribution in [0.2, 0.25) is 5.02 Å². The van der Waals surface area contributed by atoms with Crippen LogP contribution in [0.3, 0.4) is 0 Å². The Morgan fingerprint density at radius 2 is 2.12 bits per heavy atom. The lowest BCUT2D eigenvalue weighted by Gasteiger charge is -2.12. The average Bonchev–Trinajstić information content (AvgIpc) is 2.27. The van der Waals surface area contributed by atoms with Crippen LogP contribution in [0.15, 0.2) is 24.3 Å². The Hall–Kier alpha value is -1.12. The number of benzene rings is 1. The number of nitrogens with zero attached hydrogens (tertiary/aromatic N) is 1. The topological polar surface area (TPSA) is 24.9 Å². The first-order valence-corrected chi connectivity index (χ1v) is 6.24. The Morgan fingerprint density at radius 1 is 1.35 bits per heavy atom. The highest BCUT2D eigenvalue weighted by molar-refractivity contribution is 6.35. The van der Waals surface area contributed by atoms with E-state index in [0.717, 1.165) is 28.2 Å². The molecule has 17 heavy (non-hydrogen) atoms. The summed E-state index contributed by atoms with van der Waals surface area (Å²) in [6, 6.07) is 8.52. The quantitative estimate of drug-likeness (QED) is 0.896. The van der Waals surface area contributed by atoms with Gasteiger partial charge in [-0.2, -0.15) is 0 Å². The van der Waals surface area contributed by atoms with Gasteiger partial charge < -0.3 is 5.32 Å². The zero-order valence-electron chi connectivity index (χ0n) is 10.4. The van der Waals surface area contributed by atoms with Crippen LogP contribution in [0.25, 0.3) is 10.9 Å². The van der Waals surface area contributed by atoms with Crippen LogP contribution in [0.1, 0.15) is 25.1 Å². The number of halogens is 1. The Bertz CT molecular complexity index is 535. The van der Waals surface area contributed by atoms with Gasteiger partial charge in [0.1, 0.15) is 0 Å². The first kappa shape index (κ1) is 12.3. The Balaban J connectivity index is 2.50. The predicted molar refractivity (Wildman–Crippen MR) is 73.5 cm³/mol. The fourth-order valence-electron chi connectivity index (χ4n) is 1.89. The highest BCUT2D eigenvalue weighted by Gasteiger charge is 2.07. The second-order valence-electron chi connectivity index (χ2n) is 4.59. The lowest BCUT2D eigenvalue weighted by atomic mass is 10.1. The molecule has 0 aliphatic rings. The molecule has 90 valence electrons. The third-order valence-electron chi connectivity index (χ3n) is 2.70. The highest BCUT2D eigenvalue weighted by atomic mass is 35.5. The van der Waals surface area contributed by atoms with Crippen molar-refractivity contribution >= 4 is 22.5 Å². The van der Waals surface area contributed by atoms with Crippen LogP contribution in [-0.4, -0.2) is 11.0 Å². The molecule has 0 saturated carbocycles. The molecule has 3 heteroatoms. The van der Waals surface area contributed by atoms with E-state index in [-0.39, 0.29) is 0 Å². The largest absolute Gasteiger partial charge is 0.310 e. The summed E-state index contributed by atoms with van der Waals surface area (Å²) in [7, 11) is 0. The van der Waals surface area contributed by atoms with Gasteiger partial charge in [-0.25, -0.2) is 0 Å². The zero-order chi connectivity index (χ0) is 12.4. The maximum atomic E-state index is 6.18. The molecule has 2 aromatic rings. The van der Waals surface area contributed by atoms with E-state index in [1.54, 1.807) is 0 Å². The fourth-order valence-corrected chi connectivity index (χ4v) is 2.10. The van der Waals surface area contributed by atoms with E-state index in [0.29, 0.717) is 6.04 Å². The van der Waals surface area contributed by atoms with Gasteiger partial charge in [0.15, 0.2) is 0 Å². The minimum absolute atomic E-state index is 0.470. The van der Waals surface area contributed by atoms with Crippen molar-refractivity contribution in [3.63, 3.8) is 0 Å². The highest BCUT2D eigenvalue weighted by Crippen LogP contribution is 2.25. The Kier molecular flexibility index (Phi) is 3.65. The van der Waals surface area contributed by atoms with Crippen LogP contribution < -0.4 is 5.32 Å².